The van der Waals surface area contributed by atoms with E-state index >= 15 is 0 Å². The lowest BCUT2D eigenvalue weighted by atomic mass is 9.87. The van der Waals surface area contributed by atoms with Crippen molar-refractivity contribution in [3.8, 4) is 0 Å². The monoisotopic (exact) mass is 302 g/mol. The van der Waals surface area contributed by atoms with E-state index in [9.17, 15) is 0 Å². The Bertz CT molecular complexity index is 569. The Morgan fingerprint density at radius 3 is 2.57 bits per heavy atom. The molecular formula is C18H23ClN2. The number of pyridine rings is 1. The van der Waals surface area contributed by atoms with Crippen molar-refractivity contribution in [1.29, 1.82) is 0 Å². The molecule has 0 saturated heterocycles. The van der Waals surface area contributed by atoms with Gasteiger partial charge in [0.15, 0.2) is 0 Å². The number of nitrogens with one attached hydrogen (secondary N) is 1. The Morgan fingerprint density at radius 1 is 1.19 bits per heavy atom. The van der Waals surface area contributed by atoms with Crippen molar-refractivity contribution in [2.75, 3.05) is 6.54 Å². The van der Waals surface area contributed by atoms with E-state index in [1.54, 1.807) is 0 Å². The van der Waals surface area contributed by atoms with Gasteiger partial charge in [-0.05, 0) is 54.8 Å². The van der Waals surface area contributed by atoms with Gasteiger partial charge in [0.1, 0.15) is 0 Å². The summed E-state index contributed by atoms with van der Waals surface area (Å²) in [5.74, 6) is 0.358. The summed E-state index contributed by atoms with van der Waals surface area (Å²) in [5, 5.41) is 4.50. The summed E-state index contributed by atoms with van der Waals surface area (Å²) >= 11 is 6.30. The Morgan fingerprint density at radius 2 is 1.90 bits per heavy atom. The third-order valence-corrected chi connectivity index (χ3v) is 4.40. The predicted molar refractivity (Wildman–Crippen MR) is 89.9 cm³/mol. The van der Waals surface area contributed by atoms with Crippen molar-refractivity contribution in [3.05, 3.63) is 64.4 Å². The van der Waals surface area contributed by atoms with Gasteiger partial charge in [-0.25, -0.2) is 0 Å². The second-order valence-electron chi connectivity index (χ2n) is 5.46. The minimum absolute atomic E-state index is 0.256. The third kappa shape index (κ3) is 3.84. The van der Waals surface area contributed by atoms with Gasteiger partial charge in [-0.1, -0.05) is 37.6 Å². The lowest BCUT2D eigenvalue weighted by Gasteiger charge is -2.28. The zero-order valence-corrected chi connectivity index (χ0v) is 13.7. The van der Waals surface area contributed by atoms with E-state index in [0.29, 0.717) is 5.92 Å². The molecule has 2 unspecified atom stereocenters. The lowest BCUT2D eigenvalue weighted by Crippen LogP contribution is -2.27. The minimum atomic E-state index is 0.256. The fraction of sp³-hybridized carbons (Fsp3) is 0.389. The van der Waals surface area contributed by atoms with Crippen molar-refractivity contribution in [3.63, 3.8) is 0 Å². The third-order valence-electron chi connectivity index (χ3n) is 3.99. The van der Waals surface area contributed by atoms with Crippen molar-refractivity contribution in [2.24, 2.45) is 0 Å². The number of hydrogen-bond donors (Lipinski definition) is 1. The van der Waals surface area contributed by atoms with Gasteiger partial charge in [0.2, 0.25) is 0 Å². The van der Waals surface area contributed by atoms with Crippen LogP contribution in [0, 0.1) is 6.92 Å². The maximum Gasteiger partial charge on any atom is 0.0438 e. The van der Waals surface area contributed by atoms with Crippen LogP contribution >= 0.6 is 11.6 Å². The quantitative estimate of drug-likeness (QED) is 0.822. The second-order valence-corrected chi connectivity index (χ2v) is 5.86. The van der Waals surface area contributed by atoms with Gasteiger partial charge >= 0.3 is 0 Å². The highest BCUT2D eigenvalue weighted by Crippen LogP contribution is 2.34. The second kappa shape index (κ2) is 7.58. The molecule has 1 heterocycles. The fourth-order valence-electron chi connectivity index (χ4n) is 2.68. The normalized spacial score (nSPS) is 13.9. The van der Waals surface area contributed by atoms with Gasteiger partial charge in [0.05, 0.1) is 0 Å². The molecule has 2 atom stereocenters. The van der Waals surface area contributed by atoms with Crippen LogP contribution in [0.4, 0.5) is 0 Å². The molecule has 0 spiro atoms. The van der Waals surface area contributed by atoms with E-state index in [0.717, 1.165) is 23.6 Å². The highest BCUT2D eigenvalue weighted by Gasteiger charge is 2.22. The first-order valence-corrected chi connectivity index (χ1v) is 7.91. The highest BCUT2D eigenvalue weighted by molar-refractivity contribution is 6.31. The molecule has 1 aromatic heterocycles. The lowest BCUT2D eigenvalue weighted by molar-refractivity contribution is 0.464. The Balaban J connectivity index is 2.36. The van der Waals surface area contributed by atoms with E-state index < -0.39 is 0 Å². The predicted octanol–water partition coefficient (Wildman–Crippen LogP) is 4.89. The van der Waals surface area contributed by atoms with E-state index in [1.807, 2.05) is 24.5 Å². The molecule has 0 radical (unpaired) electrons. The average Bonchev–Trinajstić information content (AvgIpc) is 2.52. The topological polar surface area (TPSA) is 24.9 Å². The molecule has 0 aliphatic carbocycles. The molecule has 2 rings (SSSR count). The van der Waals surface area contributed by atoms with Crippen LogP contribution in [-0.4, -0.2) is 11.5 Å². The molecule has 0 amide bonds. The molecule has 0 saturated carbocycles. The molecule has 0 aliphatic heterocycles. The van der Waals surface area contributed by atoms with Gasteiger partial charge in [-0.15, -0.1) is 0 Å². The zero-order chi connectivity index (χ0) is 15.2. The van der Waals surface area contributed by atoms with Crippen LogP contribution in [0.5, 0.6) is 0 Å². The van der Waals surface area contributed by atoms with Crippen LogP contribution in [0.25, 0.3) is 0 Å². The number of halogens is 1. The van der Waals surface area contributed by atoms with Crippen LogP contribution in [0.1, 0.15) is 48.9 Å². The van der Waals surface area contributed by atoms with Crippen molar-refractivity contribution >= 4 is 11.6 Å². The molecule has 2 nitrogen and oxygen atoms in total. The number of aromatic nitrogens is 1. The molecular weight excluding hydrogens is 280 g/mol. The van der Waals surface area contributed by atoms with Crippen LogP contribution in [0.15, 0.2) is 42.7 Å². The molecule has 0 aliphatic rings. The summed E-state index contributed by atoms with van der Waals surface area (Å²) in [4.78, 5) is 4.11. The highest BCUT2D eigenvalue weighted by atomic mass is 35.5. The maximum atomic E-state index is 6.30. The van der Waals surface area contributed by atoms with Crippen molar-refractivity contribution < 1.29 is 0 Å². The molecule has 1 N–H and O–H groups in total. The summed E-state index contributed by atoms with van der Waals surface area (Å²) in [6.45, 7) is 7.53. The van der Waals surface area contributed by atoms with Crippen LogP contribution in [0.3, 0.4) is 0 Å². The summed E-state index contributed by atoms with van der Waals surface area (Å²) < 4.78 is 0. The summed E-state index contributed by atoms with van der Waals surface area (Å²) in [6, 6.07) is 10.6. The first-order valence-electron chi connectivity index (χ1n) is 7.53. The maximum absolute atomic E-state index is 6.30. The molecule has 21 heavy (non-hydrogen) atoms. The Labute approximate surface area is 132 Å². The molecule has 0 bridgehead atoms. The van der Waals surface area contributed by atoms with Gasteiger partial charge in [0.25, 0.3) is 0 Å². The van der Waals surface area contributed by atoms with Gasteiger partial charge in [-0.3, -0.25) is 4.98 Å². The number of hydrogen-bond acceptors (Lipinski definition) is 2. The molecule has 2 aromatic rings. The van der Waals surface area contributed by atoms with Gasteiger partial charge < -0.3 is 5.32 Å². The average molecular weight is 303 g/mol. The van der Waals surface area contributed by atoms with Crippen LogP contribution in [0.2, 0.25) is 5.02 Å². The smallest absolute Gasteiger partial charge is 0.0438 e. The largest absolute Gasteiger partial charge is 0.309 e. The summed E-state index contributed by atoms with van der Waals surface area (Å²) in [7, 11) is 0. The number of rotatable bonds is 6. The van der Waals surface area contributed by atoms with Gasteiger partial charge in [0, 0.05) is 29.4 Å². The summed E-state index contributed by atoms with van der Waals surface area (Å²) in [5.41, 5.74) is 3.73. The van der Waals surface area contributed by atoms with Gasteiger partial charge in [-0.2, -0.15) is 0 Å². The fourth-order valence-corrected chi connectivity index (χ4v) is 2.86. The standard InChI is InChI=1S/C18H23ClN2/c1-4-10-21-18(13(2)15-8-11-20-12-9-15)16-6-5-7-17(19)14(16)3/h5-9,11-13,18,21H,4,10H2,1-3H3. The Kier molecular flexibility index (Phi) is 5.77. The summed E-state index contributed by atoms with van der Waals surface area (Å²) in [6.07, 6.45) is 4.82. The Hall–Kier alpha value is -1.38. The SMILES string of the molecule is CCCNC(c1cccc(Cl)c1C)C(C)c1ccncc1. The van der Waals surface area contributed by atoms with E-state index in [-0.39, 0.29) is 6.04 Å². The first-order chi connectivity index (χ1) is 10.1. The minimum Gasteiger partial charge on any atom is -0.309 e. The molecule has 112 valence electrons. The molecule has 3 heteroatoms. The zero-order valence-electron chi connectivity index (χ0n) is 12.9. The van der Waals surface area contributed by atoms with Crippen molar-refractivity contribution in [1.82, 2.24) is 10.3 Å². The number of benzene rings is 1. The first kappa shape index (κ1) is 16.0. The molecule has 1 aromatic carbocycles. The van der Waals surface area contributed by atoms with Crippen LogP contribution in [-0.2, 0) is 0 Å². The van der Waals surface area contributed by atoms with E-state index in [4.69, 9.17) is 11.6 Å². The van der Waals surface area contributed by atoms with E-state index in [1.165, 1.54) is 11.1 Å². The molecule has 0 fully saturated rings. The van der Waals surface area contributed by atoms with Crippen LogP contribution < -0.4 is 5.32 Å². The van der Waals surface area contributed by atoms with Crippen molar-refractivity contribution in [2.45, 2.75) is 39.2 Å². The number of nitrogens with zero attached hydrogens (tertiary/aromatic N) is 1. The van der Waals surface area contributed by atoms with E-state index in [2.05, 4.69) is 49.3 Å².